The Labute approximate surface area is 102 Å². The van der Waals surface area contributed by atoms with E-state index in [-0.39, 0.29) is 0 Å². The molecular formula is C12H28O3Si. The van der Waals surface area contributed by atoms with Gasteiger partial charge in [-0.1, -0.05) is 39.5 Å². The molecule has 0 rings (SSSR count). The van der Waals surface area contributed by atoms with Gasteiger partial charge in [0.1, 0.15) is 0 Å². The van der Waals surface area contributed by atoms with Crippen molar-refractivity contribution in [3.8, 4) is 0 Å². The summed E-state index contributed by atoms with van der Waals surface area (Å²) in [5.41, 5.74) is 0. The Morgan fingerprint density at radius 3 is 1.88 bits per heavy atom. The van der Waals surface area contributed by atoms with Crippen LogP contribution in [0.2, 0.25) is 6.04 Å². The van der Waals surface area contributed by atoms with E-state index in [1.165, 1.54) is 25.7 Å². The fraction of sp³-hybridized carbons (Fsp3) is 1.00. The number of rotatable bonds is 10. The lowest BCUT2D eigenvalue weighted by Gasteiger charge is -2.25. The summed E-state index contributed by atoms with van der Waals surface area (Å²) in [6, 6.07) is 0.927. The first-order valence-corrected chi connectivity index (χ1v) is 8.26. The average Bonchev–Trinajstić information content (AvgIpc) is 2.34. The summed E-state index contributed by atoms with van der Waals surface area (Å²) in [5.74, 6) is 0.849. The fourth-order valence-corrected chi connectivity index (χ4v) is 3.87. The molecule has 0 amide bonds. The van der Waals surface area contributed by atoms with Gasteiger partial charge < -0.3 is 13.3 Å². The highest BCUT2D eigenvalue weighted by Crippen LogP contribution is 2.22. The summed E-state index contributed by atoms with van der Waals surface area (Å²) in [6.07, 6.45) is 6.28. The third-order valence-electron chi connectivity index (χ3n) is 3.30. The maximum absolute atomic E-state index is 5.41. The molecule has 0 bridgehead atoms. The van der Waals surface area contributed by atoms with E-state index in [1.54, 1.807) is 21.3 Å². The normalized spacial score (nSPS) is 14.1. The average molecular weight is 248 g/mol. The van der Waals surface area contributed by atoms with E-state index in [2.05, 4.69) is 13.8 Å². The summed E-state index contributed by atoms with van der Waals surface area (Å²) in [7, 11) is 2.73. The zero-order chi connectivity index (χ0) is 12.4. The third kappa shape index (κ3) is 5.43. The summed E-state index contributed by atoms with van der Waals surface area (Å²) in [4.78, 5) is 0. The second-order valence-electron chi connectivity index (χ2n) is 4.25. The molecule has 0 aromatic heterocycles. The maximum Gasteiger partial charge on any atom is 0.500 e. The smallest absolute Gasteiger partial charge is 0.377 e. The molecule has 0 heterocycles. The molecule has 0 radical (unpaired) electrons. The van der Waals surface area contributed by atoms with Crippen LogP contribution in [0.15, 0.2) is 0 Å². The first-order chi connectivity index (χ1) is 7.67. The van der Waals surface area contributed by atoms with Crippen molar-refractivity contribution < 1.29 is 13.3 Å². The first kappa shape index (κ1) is 16.1. The molecule has 0 aromatic carbocycles. The molecule has 0 spiro atoms. The van der Waals surface area contributed by atoms with Crippen LogP contribution in [0.5, 0.6) is 0 Å². The van der Waals surface area contributed by atoms with Crippen molar-refractivity contribution in [3.63, 3.8) is 0 Å². The van der Waals surface area contributed by atoms with Gasteiger partial charge in [0, 0.05) is 27.4 Å². The quantitative estimate of drug-likeness (QED) is 0.554. The van der Waals surface area contributed by atoms with Gasteiger partial charge >= 0.3 is 8.80 Å². The molecule has 0 saturated heterocycles. The molecule has 0 aliphatic carbocycles. The topological polar surface area (TPSA) is 27.7 Å². The Hall–Kier alpha value is 0.0969. The van der Waals surface area contributed by atoms with E-state index in [0.717, 1.165) is 18.4 Å². The van der Waals surface area contributed by atoms with Crippen LogP contribution < -0.4 is 0 Å². The Bertz CT molecular complexity index is 152. The highest BCUT2D eigenvalue weighted by Gasteiger charge is 2.36. The minimum Gasteiger partial charge on any atom is -0.377 e. The van der Waals surface area contributed by atoms with Gasteiger partial charge in [0.2, 0.25) is 0 Å². The number of hydrogen-bond donors (Lipinski definition) is 0. The van der Waals surface area contributed by atoms with Crippen LogP contribution in [-0.4, -0.2) is 30.1 Å². The predicted molar refractivity (Wildman–Crippen MR) is 69.5 cm³/mol. The first-order valence-electron chi connectivity index (χ1n) is 6.33. The Balaban J connectivity index is 3.92. The SMILES string of the molecule is CCC[C@@H](CC)CCC[Si](OC)(OC)OC. The Morgan fingerprint density at radius 2 is 1.50 bits per heavy atom. The van der Waals surface area contributed by atoms with Crippen LogP contribution in [0.4, 0.5) is 0 Å². The van der Waals surface area contributed by atoms with E-state index in [9.17, 15) is 0 Å². The Morgan fingerprint density at radius 1 is 0.938 bits per heavy atom. The second kappa shape index (κ2) is 9.16. The van der Waals surface area contributed by atoms with Crippen molar-refractivity contribution in [1.82, 2.24) is 0 Å². The van der Waals surface area contributed by atoms with Gasteiger partial charge in [-0.2, -0.15) is 0 Å². The van der Waals surface area contributed by atoms with Gasteiger partial charge in [-0.05, 0) is 12.3 Å². The van der Waals surface area contributed by atoms with E-state index in [4.69, 9.17) is 13.3 Å². The predicted octanol–water partition coefficient (Wildman–Crippen LogP) is 3.47. The second-order valence-corrected chi connectivity index (χ2v) is 7.34. The van der Waals surface area contributed by atoms with Gasteiger partial charge in [-0.3, -0.25) is 0 Å². The van der Waals surface area contributed by atoms with E-state index >= 15 is 0 Å². The molecule has 1 atom stereocenters. The van der Waals surface area contributed by atoms with E-state index in [0.29, 0.717) is 0 Å². The molecule has 16 heavy (non-hydrogen) atoms. The highest BCUT2D eigenvalue weighted by atomic mass is 28.4. The third-order valence-corrected chi connectivity index (χ3v) is 6.13. The van der Waals surface area contributed by atoms with Crippen molar-refractivity contribution in [2.24, 2.45) is 5.92 Å². The molecule has 98 valence electrons. The minimum absolute atomic E-state index is 0.849. The molecule has 0 aliphatic heterocycles. The largest absolute Gasteiger partial charge is 0.500 e. The summed E-state index contributed by atoms with van der Waals surface area (Å²) in [6.45, 7) is 4.52. The monoisotopic (exact) mass is 248 g/mol. The van der Waals surface area contributed by atoms with Crippen molar-refractivity contribution in [3.05, 3.63) is 0 Å². The summed E-state index contributed by atoms with van der Waals surface area (Å²) < 4.78 is 16.2. The van der Waals surface area contributed by atoms with Crippen LogP contribution in [0.25, 0.3) is 0 Å². The van der Waals surface area contributed by atoms with Gasteiger partial charge in [-0.15, -0.1) is 0 Å². The van der Waals surface area contributed by atoms with Gasteiger partial charge in [0.25, 0.3) is 0 Å². The molecule has 3 nitrogen and oxygen atoms in total. The molecular weight excluding hydrogens is 220 g/mol. The molecule has 0 aromatic rings. The Kier molecular flexibility index (Phi) is 9.22. The van der Waals surface area contributed by atoms with E-state index < -0.39 is 8.80 Å². The van der Waals surface area contributed by atoms with Crippen LogP contribution in [-0.2, 0) is 13.3 Å². The fourth-order valence-electron chi connectivity index (χ4n) is 2.12. The zero-order valence-corrected chi connectivity index (χ0v) is 12.5. The lowest BCUT2D eigenvalue weighted by Crippen LogP contribution is -2.42. The molecule has 0 fully saturated rings. The molecule has 0 N–H and O–H groups in total. The zero-order valence-electron chi connectivity index (χ0n) is 11.5. The number of hydrogen-bond acceptors (Lipinski definition) is 3. The lowest BCUT2D eigenvalue weighted by atomic mass is 9.96. The van der Waals surface area contributed by atoms with Gasteiger partial charge in [0.15, 0.2) is 0 Å². The molecule has 0 saturated carbocycles. The van der Waals surface area contributed by atoms with Gasteiger partial charge in [-0.25, -0.2) is 0 Å². The van der Waals surface area contributed by atoms with Crippen LogP contribution in [0, 0.1) is 5.92 Å². The minimum atomic E-state index is -2.32. The standard InChI is InChI=1S/C12H28O3Si/c1-6-9-12(7-2)10-8-11-16(13-3,14-4)15-5/h12H,6-11H2,1-5H3/t12-/m1/s1. The van der Waals surface area contributed by atoms with Gasteiger partial charge in [0.05, 0.1) is 0 Å². The molecule has 0 unspecified atom stereocenters. The molecule has 0 aliphatic rings. The lowest BCUT2D eigenvalue weighted by molar-refractivity contribution is 0.122. The van der Waals surface area contributed by atoms with Crippen molar-refractivity contribution in [2.45, 2.75) is 52.0 Å². The highest BCUT2D eigenvalue weighted by molar-refractivity contribution is 6.60. The van der Waals surface area contributed by atoms with Crippen molar-refractivity contribution in [2.75, 3.05) is 21.3 Å². The summed E-state index contributed by atoms with van der Waals surface area (Å²) >= 11 is 0. The van der Waals surface area contributed by atoms with Crippen LogP contribution in [0.3, 0.4) is 0 Å². The maximum atomic E-state index is 5.41. The van der Waals surface area contributed by atoms with Crippen LogP contribution >= 0.6 is 0 Å². The molecule has 4 heteroatoms. The summed E-state index contributed by atoms with van der Waals surface area (Å²) in [5, 5.41) is 0. The van der Waals surface area contributed by atoms with E-state index in [1.807, 2.05) is 0 Å². The van der Waals surface area contributed by atoms with Crippen molar-refractivity contribution in [1.29, 1.82) is 0 Å². The van der Waals surface area contributed by atoms with Crippen LogP contribution in [0.1, 0.15) is 46.0 Å². The van der Waals surface area contributed by atoms with Crippen molar-refractivity contribution >= 4 is 8.80 Å².